The standard InChI is InChI=1S/C15H20BrClN2O/c1-18-15(8-3-2-4-9-15)10-13(20)19-12-7-5-6-11(17)14(12)16/h5-7,18H,2-4,8-10H2,1H3,(H,19,20). The number of anilines is 1. The van der Waals surface area contributed by atoms with Gasteiger partial charge in [-0.15, -0.1) is 0 Å². The summed E-state index contributed by atoms with van der Waals surface area (Å²) in [6, 6.07) is 5.47. The van der Waals surface area contributed by atoms with Gasteiger partial charge in [-0.1, -0.05) is 36.9 Å². The number of rotatable bonds is 4. The van der Waals surface area contributed by atoms with Crippen molar-refractivity contribution in [3.63, 3.8) is 0 Å². The van der Waals surface area contributed by atoms with Crippen molar-refractivity contribution in [2.24, 2.45) is 0 Å². The van der Waals surface area contributed by atoms with E-state index in [9.17, 15) is 4.79 Å². The predicted octanol–water partition coefficient (Wildman–Crippen LogP) is 4.35. The van der Waals surface area contributed by atoms with E-state index in [0.29, 0.717) is 11.4 Å². The van der Waals surface area contributed by atoms with Gasteiger partial charge in [0.15, 0.2) is 0 Å². The van der Waals surface area contributed by atoms with Crippen molar-refractivity contribution < 1.29 is 4.79 Å². The molecule has 1 aliphatic rings. The van der Waals surface area contributed by atoms with Crippen LogP contribution in [0.15, 0.2) is 22.7 Å². The lowest BCUT2D eigenvalue weighted by Gasteiger charge is -2.36. The summed E-state index contributed by atoms with van der Waals surface area (Å²) < 4.78 is 0.733. The Bertz CT molecular complexity index is 487. The van der Waals surface area contributed by atoms with Crippen LogP contribution < -0.4 is 10.6 Å². The van der Waals surface area contributed by atoms with E-state index in [2.05, 4.69) is 26.6 Å². The Morgan fingerprint density at radius 3 is 2.70 bits per heavy atom. The highest BCUT2D eigenvalue weighted by atomic mass is 79.9. The van der Waals surface area contributed by atoms with Crippen molar-refractivity contribution in [3.8, 4) is 0 Å². The van der Waals surface area contributed by atoms with Crippen LogP contribution in [0.25, 0.3) is 0 Å². The van der Waals surface area contributed by atoms with Gasteiger partial charge in [0.05, 0.1) is 15.2 Å². The lowest BCUT2D eigenvalue weighted by atomic mass is 9.79. The molecule has 1 aromatic rings. The highest BCUT2D eigenvalue weighted by Gasteiger charge is 2.32. The van der Waals surface area contributed by atoms with E-state index in [4.69, 9.17) is 11.6 Å². The fraction of sp³-hybridized carbons (Fsp3) is 0.533. The maximum atomic E-state index is 12.3. The number of amides is 1. The zero-order valence-corrected chi connectivity index (χ0v) is 14.0. The average Bonchev–Trinajstić information content (AvgIpc) is 2.45. The summed E-state index contributed by atoms with van der Waals surface area (Å²) >= 11 is 9.44. The Balaban J connectivity index is 2.03. The number of hydrogen-bond acceptors (Lipinski definition) is 2. The number of nitrogens with one attached hydrogen (secondary N) is 2. The van der Waals surface area contributed by atoms with Crippen LogP contribution in [0, 0.1) is 0 Å². The highest BCUT2D eigenvalue weighted by molar-refractivity contribution is 9.10. The molecule has 0 spiro atoms. The predicted molar refractivity (Wildman–Crippen MR) is 87.3 cm³/mol. The second-order valence-electron chi connectivity index (χ2n) is 5.42. The maximum Gasteiger partial charge on any atom is 0.226 e. The van der Waals surface area contributed by atoms with E-state index < -0.39 is 0 Å². The Morgan fingerprint density at radius 1 is 1.35 bits per heavy atom. The third-order valence-corrected chi connectivity index (χ3v) is 5.46. The molecule has 0 unspecified atom stereocenters. The molecule has 0 heterocycles. The van der Waals surface area contributed by atoms with E-state index in [1.165, 1.54) is 19.3 Å². The molecule has 1 amide bonds. The molecule has 2 N–H and O–H groups in total. The molecule has 0 radical (unpaired) electrons. The first-order valence-corrected chi connectivity index (χ1v) is 8.16. The topological polar surface area (TPSA) is 41.1 Å². The largest absolute Gasteiger partial charge is 0.325 e. The first kappa shape index (κ1) is 15.8. The lowest BCUT2D eigenvalue weighted by Crippen LogP contribution is -2.47. The van der Waals surface area contributed by atoms with Crippen LogP contribution in [0.5, 0.6) is 0 Å². The van der Waals surface area contributed by atoms with Crippen LogP contribution in [0.2, 0.25) is 5.02 Å². The minimum Gasteiger partial charge on any atom is -0.325 e. The van der Waals surface area contributed by atoms with Gasteiger partial charge in [-0.25, -0.2) is 0 Å². The highest BCUT2D eigenvalue weighted by Crippen LogP contribution is 2.33. The Morgan fingerprint density at radius 2 is 2.05 bits per heavy atom. The van der Waals surface area contributed by atoms with Crippen LogP contribution >= 0.6 is 27.5 Å². The molecule has 0 atom stereocenters. The van der Waals surface area contributed by atoms with Crippen LogP contribution in [0.3, 0.4) is 0 Å². The van der Waals surface area contributed by atoms with Crippen molar-refractivity contribution in [2.75, 3.05) is 12.4 Å². The Labute approximate surface area is 133 Å². The van der Waals surface area contributed by atoms with Gasteiger partial charge in [0, 0.05) is 12.0 Å². The normalized spacial score (nSPS) is 17.8. The van der Waals surface area contributed by atoms with Gasteiger partial charge in [0.25, 0.3) is 0 Å². The van der Waals surface area contributed by atoms with Crippen LogP contribution in [0.1, 0.15) is 38.5 Å². The van der Waals surface area contributed by atoms with Crippen molar-refractivity contribution in [1.29, 1.82) is 0 Å². The minimum atomic E-state index is -0.0482. The van der Waals surface area contributed by atoms with Crippen LogP contribution in [-0.2, 0) is 4.79 Å². The Hall–Kier alpha value is -0.580. The van der Waals surface area contributed by atoms with Gasteiger partial charge in [-0.2, -0.15) is 0 Å². The number of hydrogen-bond donors (Lipinski definition) is 2. The van der Waals surface area contributed by atoms with E-state index in [1.54, 1.807) is 6.07 Å². The van der Waals surface area contributed by atoms with E-state index in [0.717, 1.165) is 23.0 Å². The molecule has 0 aliphatic heterocycles. The summed E-state index contributed by atoms with van der Waals surface area (Å²) in [5.41, 5.74) is 0.678. The van der Waals surface area contributed by atoms with Gasteiger partial charge in [0.1, 0.15) is 0 Å². The molecule has 1 aromatic carbocycles. The quantitative estimate of drug-likeness (QED) is 0.839. The first-order chi connectivity index (χ1) is 9.56. The molecule has 0 bridgehead atoms. The SMILES string of the molecule is CNC1(CC(=O)Nc2cccc(Cl)c2Br)CCCCC1. The number of carbonyl (C=O) groups excluding carboxylic acids is 1. The van der Waals surface area contributed by atoms with Gasteiger partial charge in [-0.3, -0.25) is 4.79 Å². The molecule has 3 nitrogen and oxygen atoms in total. The van der Waals surface area contributed by atoms with Gasteiger partial charge in [0.2, 0.25) is 5.91 Å². The summed E-state index contributed by atoms with van der Waals surface area (Å²) in [6.07, 6.45) is 6.28. The number of halogens is 2. The second-order valence-corrected chi connectivity index (χ2v) is 6.62. The molecular formula is C15H20BrClN2O. The smallest absolute Gasteiger partial charge is 0.226 e. The number of carbonyl (C=O) groups is 1. The molecule has 110 valence electrons. The van der Waals surface area contributed by atoms with Crippen molar-refractivity contribution in [2.45, 2.75) is 44.1 Å². The minimum absolute atomic E-state index is 0.0317. The fourth-order valence-corrected chi connectivity index (χ4v) is 3.38. The third kappa shape index (κ3) is 3.74. The zero-order valence-electron chi connectivity index (χ0n) is 11.6. The average molecular weight is 360 g/mol. The Kier molecular flexibility index (Phi) is 5.47. The molecule has 1 fully saturated rings. The van der Waals surface area contributed by atoms with Gasteiger partial charge in [-0.05, 0) is 48.0 Å². The van der Waals surface area contributed by atoms with Crippen molar-refractivity contribution in [3.05, 3.63) is 27.7 Å². The third-order valence-electron chi connectivity index (χ3n) is 4.07. The second kappa shape index (κ2) is 6.92. The first-order valence-electron chi connectivity index (χ1n) is 6.99. The molecule has 0 aromatic heterocycles. The van der Waals surface area contributed by atoms with Crippen LogP contribution in [0.4, 0.5) is 5.69 Å². The zero-order chi connectivity index (χ0) is 14.6. The number of benzene rings is 1. The summed E-state index contributed by atoms with van der Waals surface area (Å²) in [7, 11) is 1.95. The molecule has 1 aliphatic carbocycles. The van der Waals surface area contributed by atoms with Crippen LogP contribution in [-0.4, -0.2) is 18.5 Å². The van der Waals surface area contributed by atoms with Gasteiger partial charge < -0.3 is 10.6 Å². The van der Waals surface area contributed by atoms with Crippen molar-refractivity contribution >= 4 is 39.1 Å². The monoisotopic (exact) mass is 358 g/mol. The summed E-state index contributed by atoms with van der Waals surface area (Å²) in [5, 5.41) is 6.91. The lowest BCUT2D eigenvalue weighted by molar-refractivity contribution is -0.117. The summed E-state index contributed by atoms with van der Waals surface area (Å²) in [5.74, 6) is 0.0317. The summed E-state index contributed by atoms with van der Waals surface area (Å²) in [6.45, 7) is 0. The van der Waals surface area contributed by atoms with E-state index >= 15 is 0 Å². The molecular weight excluding hydrogens is 340 g/mol. The fourth-order valence-electron chi connectivity index (χ4n) is 2.85. The summed E-state index contributed by atoms with van der Waals surface area (Å²) in [4.78, 5) is 12.3. The molecule has 0 saturated heterocycles. The maximum absolute atomic E-state index is 12.3. The van der Waals surface area contributed by atoms with E-state index in [1.807, 2.05) is 19.2 Å². The van der Waals surface area contributed by atoms with E-state index in [-0.39, 0.29) is 11.4 Å². The molecule has 2 rings (SSSR count). The molecule has 5 heteroatoms. The molecule has 1 saturated carbocycles. The molecule has 20 heavy (non-hydrogen) atoms. The van der Waals surface area contributed by atoms with Crippen molar-refractivity contribution in [1.82, 2.24) is 5.32 Å². The van der Waals surface area contributed by atoms with Gasteiger partial charge >= 0.3 is 0 Å².